The van der Waals surface area contributed by atoms with Crippen molar-refractivity contribution in [2.75, 3.05) is 5.32 Å². The summed E-state index contributed by atoms with van der Waals surface area (Å²) in [6.07, 6.45) is 11.3. The number of carbonyl (C=O) groups excluding carboxylic acids is 2. The molecule has 0 radical (unpaired) electrons. The summed E-state index contributed by atoms with van der Waals surface area (Å²) in [5, 5.41) is 11.0. The SMILES string of the molecule is CC(=O)CC1CCC(NC(=O)c2cnn3cc(-c4ccncc4)nc3c2NC(C)C)CC1. The molecule has 1 aliphatic rings. The smallest absolute Gasteiger partial charge is 0.255 e. The molecule has 3 aromatic rings. The van der Waals surface area contributed by atoms with Crippen molar-refractivity contribution in [3.05, 3.63) is 42.5 Å². The van der Waals surface area contributed by atoms with Gasteiger partial charge in [0.2, 0.25) is 0 Å². The zero-order valence-corrected chi connectivity index (χ0v) is 18.8. The molecule has 0 spiro atoms. The standard InChI is InChI=1S/C24H30N6O2/c1-15(2)27-22-20(24(32)28-19-6-4-17(5-7-19)12-16(3)31)13-26-30-14-21(29-23(22)30)18-8-10-25-11-9-18/h8-11,13-15,17,19,27H,4-7,12H2,1-3H3,(H,28,32). The Hall–Kier alpha value is -3.29. The lowest BCUT2D eigenvalue weighted by Crippen LogP contribution is -2.38. The van der Waals surface area contributed by atoms with Gasteiger partial charge in [-0.1, -0.05) is 0 Å². The maximum atomic E-state index is 13.2. The van der Waals surface area contributed by atoms with E-state index < -0.39 is 0 Å². The first-order valence-corrected chi connectivity index (χ1v) is 11.3. The fourth-order valence-corrected chi connectivity index (χ4v) is 4.38. The number of carbonyl (C=O) groups is 2. The number of anilines is 1. The number of Topliss-reactive ketones (excluding diaryl/α,β-unsaturated/α-hetero) is 1. The Labute approximate surface area is 187 Å². The van der Waals surface area contributed by atoms with E-state index in [4.69, 9.17) is 4.98 Å². The molecule has 8 heteroatoms. The zero-order valence-electron chi connectivity index (χ0n) is 18.8. The normalized spacial score (nSPS) is 18.6. The van der Waals surface area contributed by atoms with Crippen LogP contribution < -0.4 is 10.6 Å². The van der Waals surface area contributed by atoms with Crippen molar-refractivity contribution in [1.82, 2.24) is 24.9 Å². The van der Waals surface area contributed by atoms with Gasteiger partial charge in [0.15, 0.2) is 5.65 Å². The van der Waals surface area contributed by atoms with Crippen molar-refractivity contribution in [1.29, 1.82) is 0 Å². The fraction of sp³-hybridized carbons (Fsp3) is 0.458. The third kappa shape index (κ3) is 4.95. The Balaban J connectivity index is 1.57. The van der Waals surface area contributed by atoms with Gasteiger partial charge in [0.05, 0.1) is 29.3 Å². The van der Waals surface area contributed by atoms with Crippen LogP contribution in [0.15, 0.2) is 36.9 Å². The second kappa shape index (κ2) is 9.46. The van der Waals surface area contributed by atoms with Crippen LogP contribution in [0.1, 0.15) is 63.2 Å². The van der Waals surface area contributed by atoms with E-state index >= 15 is 0 Å². The molecule has 0 saturated heterocycles. The van der Waals surface area contributed by atoms with Gasteiger partial charge in [0, 0.05) is 36.5 Å². The van der Waals surface area contributed by atoms with E-state index in [1.807, 2.05) is 32.2 Å². The summed E-state index contributed by atoms with van der Waals surface area (Å²) in [7, 11) is 0. The number of pyridine rings is 1. The molecular formula is C24H30N6O2. The molecular weight excluding hydrogens is 404 g/mol. The topological polar surface area (TPSA) is 101 Å². The molecule has 0 aliphatic heterocycles. The quantitative estimate of drug-likeness (QED) is 0.585. The molecule has 1 fully saturated rings. The molecule has 32 heavy (non-hydrogen) atoms. The molecule has 3 aromatic heterocycles. The number of amides is 1. The Kier molecular flexibility index (Phi) is 6.48. The summed E-state index contributed by atoms with van der Waals surface area (Å²) >= 11 is 0. The van der Waals surface area contributed by atoms with Gasteiger partial charge in [-0.15, -0.1) is 0 Å². The van der Waals surface area contributed by atoms with E-state index in [-0.39, 0.29) is 23.8 Å². The molecule has 0 unspecified atom stereocenters. The summed E-state index contributed by atoms with van der Waals surface area (Å²) in [6, 6.07) is 4.03. The maximum absolute atomic E-state index is 13.2. The molecule has 168 valence electrons. The van der Waals surface area contributed by atoms with E-state index in [9.17, 15) is 9.59 Å². The molecule has 3 heterocycles. The highest BCUT2D eigenvalue weighted by Crippen LogP contribution is 2.29. The molecule has 1 amide bonds. The highest BCUT2D eigenvalue weighted by molar-refractivity contribution is 6.02. The van der Waals surface area contributed by atoms with Crippen LogP contribution in [0.4, 0.5) is 5.69 Å². The highest BCUT2D eigenvalue weighted by atomic mass is 16.1. The van der Waals surface area contributed by atoms with E-state index in [1.165, 1.54) is 0 Å². The van der Waals surface area contributed by atoms with E-state index in [0.29, 0.717) is 29.2 Å². The summed E-state index contributed by atoms with van der Waals surface area (Å²) in [5.74, 6) is 0.534. The number of aromatic nitrogens is 4. The van der Waals surface area contributed by atoms with Crippen molar-refractivity contribution < 1.29 is 9.59 Å². The number of imidazole rings is 1. The first kappa shape index (κ1) is 21.9. The molecule has 2 N–H and O–H groups in total. The molecule has 0 atom stereocenters. The number of nitrogens with one attached hydrogen (secondary N) is 2. The third-order valence-corrected chi connectivity index (χ3v) is 5.90. The van der Waals surface area contributed by atoms with Crippen LogP contribution in [-0.4, -0.2) is 43.4 Å². The van der Waals surface area contributed by atoms with Gasteiger partial charge in [-0.05, 0) is 64.5 Å². The minimum Gasteiger partial charge on any atom is -0.379 e. The molecule has 1 saturated carbocycles. The van der Waals surface area contributed by atoms with Crippen LogP contribution in [-0.2, 0) is 4.79 Å². The number of hydrogen-bond donors (Lipinski definition) is 2. The minimum atomic E-state index is -0.147. The predicted octanol–water partition coefficient (Wildman–Crippen LogP) is 3.88. The first-order chi connectivity index (χ1) is 15.4. The monoisotopic (exact) mass is 434 g/mol. The number of rotatable bonds is 7. The average molecular weight is 435 g/mol. The van der Waals surface area contributed by atoms with Crippen molar-refractivity contribution >= 4 is 23.0 Å². The summed E-state index contributed by atoms with van der Waals surface area (Å²) in [6.45, 7) is 5.71. The lowest BCUT2D eigenvalue weighted by atomic mass is 9.83. The second-order valence-electron chi connectivity index (χ2n) is 8.96. The van der Waals surface area contributed by atoms with E-state index in [1.54, 1.807) is 30.0 Å². The van der Waals surface area contributed by atoms with E-state index in [2.05, 4.69) is 20.7 Å². The largest absolute Gasteiger partial charge is 0.379 e. The fourth-order valence-electron chi connectivity index (χ4n) is 4.38. The Bertz CT molecular complexity index is 1100. The van der Waals surface area contributed by atoms with Crippen LogP contribution >= 0.6 is 0 Å². The maximum Gasteiger partial charge on any atom is 0.255 e. The highest BCUT2D eigenvalue weighted by Gasteiger charge is 2.25. The molecule has 4 rings (SSSR count). The predicted molar refractivity (Wildman–Crippen MR) is 123 cm³/mol. The van der Waals surface area contributed by atoms with Crippen LogP contribution in [0.25, 0.3) is 16.9 Å². The number of hydrogen-bond acceptors (Lipinski definition) is 6. The first-order valence-electron chi connectivity index (χ1n) is 11.3. The second-order valence-corrected chi connectivity index (χ2v) is 8.96. The third-order valence-electron chi connectivity index (χ3n) is 5.90. The van der Waals surface area contributed by atoms with Crippen molar-refractivity contribution in [2.24, 2.45) is 5.92 Å². The Morgan fingerprint density at radius 1 is 1.16 bits per heavy atom. The van der Waals surface area contributed by atoms with Gasteiger partial charge < -0.3 is 15.4 Å². The minimum absolute atomic E-state index is 0.112. The van der Waals surface area contributed by atoms with Gasteiger partial charge >= 0.3 is 0 Å². The average Bonchev–Trinajstić information content (AvgIpc) is 3.20. The lowest BCUT2D eigenvalue weighted by Gasteiger charge is -2.28. The Morgan fingerprint density at radius 2 is 1.88 bits per heavy atom. The molecule has 8 nitrogen and oxygen atoms in total. The molecule has 0 aromatic carbocycles. The zero-order chi connectivity index (χ0) is 22.7. The van der Waals surface area contributed by atoms with Gasteiger partial charge in [-0.2, -0.15) is 5.10 Å². The van der Waals surface area contributed by atoms with Crippen LogP contribution in [0.3, 0.4) is 0 Å². The number of nitrogens with zero attached hydrogens (tertiary/aromatic N) is 4. The Morgan fingerprint density at radius 3 is 2.53 bits per heavy atom. The van der Waals surface area contributed by atoms with Crippen LogP contribution in [0.5, 0.6) is 0 Å². The van der Waals surface area contributed by atoms with Gasteiger partial charge in [0.1, 0.15) is 5.78 Å². The van der Waals surface area contributed by atoms with E-state index in [0.717, 1.165) is 36.9 Å². The number of fused-ring (bicyclic) bond motifs is 1. The van der Waals surface area contributed by atoms with Crippen molar-refractivity contribution in [3.8, 4) is 11.3 Å². The molecule has 0 bridgehead atoms. The van der Waals surface area contributed by atoms with Gasteiger partial charge in [-0.25, -0.2) is 9.50 Å². The summed E-state index contributed by atoms with van der Waals surface area (Å²) in [4.78, 5) is 33.4. The van der Waals surface area contributed by atoms with Crippen molar-refractivity contribution in [2.45, 2.75) is 65.0 Å². The van der Waals surface area contributed by atoms with Crippen LogP contribution in [0.2, 0.25) is 0 Å². The van der Waals surface area contributed by atoms with Crippen LogP contribution in [0, 0.1) is 5.92 Å². The summed E-state index contributed by atoms with van der Waals surface area (Å²) < 4.78 is 1.70. The lowest BCUT2D eigenvalue weighted by molar-refractivity contribution is -0.118. The van der Waals surface area contributed by atoms with Gasteiger partial charge in [-0.3, -0.25) is 9.78 Å². The van der Waals surface area contributed by atoms with Gasteiger partial charge in [0.25, 0.3) is 5.91 Å². The summed E-state index contributed by atoms with van der Waals surface area (Å²) in [5.41, 5.74) is 3.49. The van der Waals surface area contributed by atoms with Crippen molar-refractivity contribution in [3.63, 3.8) is 0 Å². The number of ketones is 1. The molecule has 1 aliphatic carbocycles.